The van der Waals surface area contributed by atoms with Crippen molar-refractivity contribution >= 4 is 45.1 Å². The zero-order valence-corrected chi connectivity index (χ0v) is 17.6. The highest BCUT2D eigenvalue weighted by molar-refractivity contribution is 8.76. The van der Waals surface area contributed by atoms with Crippen molar-refractivity contribution in [2.24, 2.45) is 0 Å². The average molecular weight is 427 g/mol. The van der Waals surface area contributed by atoms with Gasteiger partial charge in [-0.25, -0.2) is 0 Å². The molecule has 2 aromatic carbocycles. The standard InChI is InChI=1S/C24H18N4S2/c1-3-13-27-23-7-5-21(17-19(23)9-15-25(27)11-1)29-30-22-6-8-24-20(18-22)10-16-26-12-2-4-14-28(24)26/h1-18H. The van der Waals surface area contributed by atoms with E-state index in [4.69, 9.17) is 0 Å². The van der Waals surface area contributed by atoms with Gasteiger partial charge < -0.3 is 0 Å². The molecule has 0 fully saturated rings. The number of anilines is 2. The van der Waals surface area contributed by atoms with Crippen LogP contribution < -0.4 is 10.0 Å². The lowest BCUT2D eigenvalue weighted by atomic mass is 10.1. The lowest BCUT2D eigenvalue weighted by Gasteiger charge is -2.36. The fraction of sp³-hybridized carbons (Fsp3) is 0. The van der Waals surface area contributed by atoms with E-state index in [1.54, 1.807) is 21.6 Å². The number of nitrogens with zero attached hydrogens (tertiary/aromatic N) is 4. The maximum absolute atomic E-state index is 2.26. The smallest absolute Gasteiger partial charge is 0.0703 e. The van der Waals surface area contributed by atoms with Crippen LogP contribution >= 0.6 is 21.6 Å². The Kier molecular flexibility index (Phi) is 4.25. The van der Waals surface area contributed by atoms with Gasteiger partial charge in [0.1, 0.15) is 0 Å². The molecule has 0 radical (unpaired) electrons. The first-order chi connectivity index (χ1) is 14.8. The van der Waals surface area contributed by atoms with Gasteiger partial charge in [0.25, 0.3) is 0 Å². The normalized spacial score (nSPS) is 17.2. The molecule has 0 saturated carbocycles. The largest absolute Gasteiger partial charge is 0.264 e. The summed E-state index contributed by atoms with van der Waals surface area (Å²) >= 11 is 0. The molecule has 0 bridgehead atoms. The van der Waals surface area contributed by atoms with Gasteiger partial charge >= 0.3 is 0 Å². The highest BCUT2D eigenvalue weighted by Gasteiger charge is 2.19. The van der Waals surface area contributed by atoms with E-state index >= 15 is 0 Å². The third kappa shape index (κ3) is 3.05. The lowest BCUT2D eigenvalue weighted by Crippen LogP contribution is -2.34. The third-order valence-corrected chi connectivity index (χ3v) is 7.57. The Morgan fingerprint density at radius 1 is 0.500 bits per heavy atom. The van der Waals surface area contributed by atoms with Crippen LogP contribution in [0, 0.1) is 0 Å². The first kappa shape index (κ1) is 17.6. The Bertz CT molecular complexity index is 1100. The molecule has 6 heteroatoms. The van der Waals surface area contributed by atoms with Crippen molar-refractivity contribution < 1.29 is 0 Å². The predicted molar refractivity (Wildman–Crippen MR) is 128 cm³/mol. The number of fused-ring (bicyclic) bond motifs is 6. The number of hydrazine groups is 2. The highest BCUT2D eigenvalue weighted by Crippen LogP contribution is 2.42. The van der Waals surface area contributed by atoms with Crippen molar-refractivity contribution in [3.8, 4) is 0 Å². The summed E-state index contributed by atoms with van der Waals surface area (Å²) in [7, 11) is 3.59. The van der Waals surface area contributed by atoms with Crippen LogP contribution in [0.1, 0.15) is 11.1 Å². The van der Waals surface area contributed by atoms with E-state index in [0.29, 0.717) is 0 Å². The summed E-state index contributed by atoms with van der Waals surface area (Å²) in [5.41, 5.74) is 4.85. The molecule has 0 N–H and O–H groups in total. The molecule has 0 atom stereocenters. The summed E-state index contributed by atoms with van der Waals surface area (Å²) in [5.74, 6) is 0. The summed E-state index contributed by atoms with van der Waals surface area (Å²) in [6.45, 7) is 0. The van der Waals surface area contributed by atoms with Crippen LogP contribution in [-0.4, -0.2) is 10.0 Å². The van der Waals surface area contributed by atoms with Crippen LogP contribution in [0.25, 0.3) is 12.2 Å². The highest BCUT2D eigenvalue weighted by atomic mass is 33.1. The van der Waals surface area contributed by atoms with Crippen LogP contribution in [0.5, 0.6) is 0 Å². The van der Waals surface area contributed by atoms with Gasteiger partial charge in [-0.1, -0.05) is 21.6 Å². The molecule has 6 rings (SSSR count). The molecule has 0 aliphatic carbocycles. The minimum Gasteiger partial charge on any atom is -0.264 e. The van der Waals surface area contributed by atoms with Crippen LogP contribution in [0.2, 0.25) is 0 Å². The van der Waals surface area contributed by atoms with Crippen molar-refractivity contribution in [3.05, 3.63) is 109 Å². The van der Waals surface area contributed by atoms with Gasteiger partial charge in [0.2, 0.25) is 0 Å². The van der Waals surface area contributed by atoms with Gasteiger partial charge in [-0.3, -0.25) is 20.0 Å². The van der Waals surface area contributed by atoms with E-state index < -0.39 is 0 Å². The van der Waals surface area contributed by atoms with Gasteiger partial charge in [-0.2, -0.15) is 0 Å². The quantitative estimate of drug-likeness (QED) is 0.510. The second kappa shape index (κ2) is 7.23. The van der Waals surface area contributed by atoms with Gasteiger partial charge in [0.05, 0.1) is 11.4 Å². The number of allylic oxidation sites excluding steroid dienone is 4. The van der Waals surface area contributed by atoms with Gasteiger partial charge in [0.15, 0.2) is 0 Å². The predicted octanol–water partition coefficient (Wildman–Crippen LogP) is 6.58. The average Bonchev–Trinajstić information content (AvgIpc) is 2.82. The molecule has 0 unspecified atom stereocenters. The molecule has 0 spiro atoms. The number of rotatable bonds is 3. The van der Waals surface area contributed by atoms with Crippen LogP contribution in [-0.2, 0) is 0 Å². The summed E-state index contributed by atoms with van der Waals surface area (Å²) in [6.07, 6.45) is 25.0. The monoisotopic (exact) mass is 426 g/mol. The maximum atomic E-state index is 2.26. The Labute approximate surface area is 183 Å². The summed E-state index contributed by atoms with van der Waals surface area (Å²) < 4.78 is 0. The van der Waals surface area contributed by atoms with Gasteiger partial charge in [-0.05, 0) is 72.9 Å². The fourth-order valence-corrected chi connectivity index (χ4v) is 5.74. The Morgan fingerprint density at radius 3 is 1.47 bits per heavy atom. The van der Waals surface area contributed by atoms with E-state index in [0.717, 1.165) is 0 Å². The molecule has 4 heterocycles. The number of hydrogen-bond donors (Lipinski definition) is 0. The second-order valence-electron chi connectivity index (χ2n) is 7.05. The van der Waals surface area contributed by atoms with Crippen LogP contribution in [0.15, 0.2) is 108 Å². The Balaban J connectivity index is 1.20. The molecular formula is C24H18N4S2. The number of benzene rings is 2. The van der Waals surface area contributed by atoms with Crippen LogP contribution in [0.3, 0.4) is 0 Å². The molecule has 146 valence electrons. The number of hydrogen-bond acceptors (Lipinski definition) is 6. The molecule has 4 aliphatic heterocycles. The molecule has 4 aliphatic rings. The maximum Gasteiger partial charge on any atom is 0.0703 e. The van der Waals surface area contributed by atoms with Crippen molar-refractivity contribution in [1.29, 1.82) is 0 Å². The third-order valence-electron chi connectivity index (χ3n) is 5.19. The van der Waals surface area contributed by atoms with Crippen molar-refractivity contribution in [2.45, 2.75) is 9.79 Å². The second-order valence-corrected chi connectivity index (χ2v) is 9.33. The van der Waals surface area contributed by atoms with Crippen molar-refractivity contribution in [2.75, 3.05) is 10.0 Å². The fourth-order valence-electron chi connectivity index (χ4n) is 3.75. The molecule has 0 aromatic heterocycles. The molecule has 30 heavy (non-hydrogen) atoms. The first-order valence-corrected chi connectivity index (χ1v) is 11.8. The SMILES string of the molecule is C1=CN2C=Cc3cc(SSc4ccc5c(c4)C=CN4C=CC=CN54)ccc3N2C=C1. The zero-order valence-electron chi connectivity index (χ0n) is 16.0. The lowest BCUT2D eigenvalue weighted by molar-refractivity contribution is 0.504. The Morgan fingerprint density at radius 2 is 0.967 bits per heavy atom. The van der Waals surface area contributed by atoms with E-state index in [2.05, 4.69) is 118 Å². The van der Waals surface area contributed by atoms with Crippen LogP contribution in [0.4, 0.5) is 11.4 Å². The first-order valence-electron chi connectivity index (χ1n) is 9.69. The topological polar surface area (TPSA) is 13.0 Å². The minimum atomic E-state index is 1.19. The van der Waals surface area contributed by atoms with E-state index in [9.17, 15) is 0 Å². The molecular weight excluding hydrogens is 408 g/mol. The summed E-state index contributed by atoms with van der Waals surface area (Å²) in [4.78, 5) is 2.49. The van der Waals surface area contributed by atoms with Crippen molar-refractivity contribution in [3.63, 3.8) is 0 Å². The molecule has 0 saturated heterocycles. The molecule has 4 nitrogen and oxygen atoms in total. The van der Waals surface area contributed by atoms with E-state index in [-0.39, 0.29) is 0 Å². The van der Waals surface area contributed by atoms with Gasteiger partial charge in [-0.15, -0.1) is 0 Å². The van der Waals surface area contributed by atoms with Gasteiger partial charge in [0, 0.05) is 58.1 Å². The zero-order chi connectivity index (χ0) is 19.9. The summed E-state index contributed by atoms with van der Waals surface area (Å²) in [5, 5.41) is 8.47. The molecule has 0 amide bonds. The minimum absolute atomic E-state index is 1.19. The van der Waals surface area contributed by atoms with E-state index in [1.165, 1.54) is 32.3 Å². The summed E-state index contributed by atoms with van der Waals surface area (Å²) in [6, 6.07) is 13.3. The Hall–Kier alpha value is -3.22. The molecule has 2 aromatic rings. The van der Waals surface area contributed by atoms with E-state index in [1.807, 2.05) is 12.2 Å². The van der Waals surface area contributed by atoms with Crippen molar-refractivity contribution in [1.82, 2.24) is 10.0 Å².